The van der Waals surface area contributed by atoms with Gasteiger partial charge in [-0.15, -0.1) is 4.31 Å². The van der Waals surface area contributed by atoms with Gasteiger partial charge in [-0.3, -0.25) is 4.79 Å². The molecule has 2 aromatic rings. The van der Waals surface area contributed by atoms with Crippen molar-refractivity contribution in [1.82, 2.24) is 8.61 Å². The maximum atomic E-state index is 14.8. The van der Waals surface area contributed by atoms with E-state index in [1.54, 1.807) is 13.8 Å². The zero-order valence-corrected chi connectivity index (χ0v) is 28.8. The highest BCUT2D eigenvalue weighted by Gasteiger charge is 2.81. The zero-order valence-electron chi connectivity index (χ0n) is 26.2. The van der Waals surface area contributed by atoms with Crippen LogP contribution >= 0.6 is 7.94 Å². The summed E-state index contributed by atoms with van der Waals surface area (Å²) in [5.74, 6) is -5.08. The van der Waals surface area contributed by atoms with Gasteiger partial charge in [0.1, 0.15) is 0 Å². The van der Waals surface area contributed by atoms with E-state index in [4.69, 9.17) is 23.0 Å². The number of aryl methyl sites for hydroxylation is 2. The number of rotatable bonds is 14. The van der Waals surface area contributed by atoms with E-state index in [0.29, 0.717) is 11.1 Å². The van der Waals surface area contributed by atoms with E-state index >= 15 is 0 Å². The SMILES string of the molecule is CCO[P+](OCC)(OCC)/C(=C(\O)OC)C1(C(=O)OC)C(=O)N(S(=O)(=O)c2ccc(C)cc2)C(=O)N1S(=O)(=O)c1ccc(C)cc1. The number of hydrogen-bond acceptors (Lipinski definition) is 13. The molecule has 1 aliphatic heterocycles. The Bertz CT molecular complexity index is 1710. The number of imide groups is 1. The Morgan fingerprint density at radius 3 is 1.54 bits per heavy atom. The number of amides is 3. The number of carbonyl (C=O) groups is 3. The zero-order chi connectivity index (χ0) is 34.7. The number of sulfonamides is 2. The van der Waals surface area contributed by atoms with E-state index < -0.39 is 72.5 Å². The highest BCUT2D eigenvalue weighted by Crippen LogP contribution is 2.73. The molecule has 46 heavy (non-hydrogen) atoms. The van der Waals surface area contributed by atoms with Crippen LogP contribution in [-0.2, 0) is 52.7 Å². The molecule has 0 radical (unpaired) electrons. The lowest BCUT2D eigenvalue weighted by molar-refractivity contribution is -0.153. The van der Waals surface area contributed by atoms with Crippen molar-refractivity contribution in [3.8, 4) is 0 Å². The Morgan fingerprint density at radius 1 is 0.761 bits per heavy atom. The van der Waals surface area contributed by atoms with Gasteiger partial charge in [-0.1, -0.05) is 35.4 Å². The number of ether oxygens (including phenoxy) is 2. The number of aliphatic hydroxyl groups is 1. The molecule has 18 heteroatoms. The topological polar surface area (TPSA) is 192 Å². The molecule has 252 valence electrons. The molecule has 2 aromatic carbocycles. The molecular formula is C28H36N2O13PS2+. The fourth-order valence-corrected chi connectivity index (χ4v) is 10.3. The van der Waals surface area contributed by atoms with Crippen LogP contribution < -0.4 is 0 Å². The second kappa shape index (κ2) is 14.0. The first-order valence-electron chi connectivity index (χ1n) is 13.8. The molecule has 0 aliphatic carbocycles. The molecule has 15 nitrogen and oxygen atoms in total. The summed E-state index contributed by atoms with van der Waals surface area (Å²) in [5, 5.41) is 10.2. The molecule has 3 amide bonds. The third-order valence-electron chi connectivity index (χ3n) is 6.65. The van der Waals surface area contributed by atoms with Crippen LogP contribution in [0.4, 0.5) is 4.79 Å². The van der Waals surface area contributed by atoms with E-state index in [2.05, 4.69) is 0 Å². The summed E-state index contributed by atoms with van der Waals surface area (Å²) >= 11 is 0. The molecule has 1 N–H and O–H groups in total. The number of esters is 1. The van der Waals surface area contributed by atoms with Gasteiger partial charge in [-0.05, 0) is 58.9 Å². The molecule has 0 aromatic heterocycles. The van der Waals surface area contributed by atoms with Gasteiger partial charge in [0.05, 0.1) is 43.8 Å². The third-order valence-corrected chi connectivity index (χ3v) is 13.0. The molecule has 1 unspecified atom stereocenters. The molecule has 1 heterocycles. The average Bonchev–Trinajstić information content (AvgIpc) is 3.24. The fourth-order valence-electron chi connectivity index (χ4n) is 4.67. The minimum Gasteiger partial charge on any atom is -0.478 e. The molecular weight excluding hydrogens is 667 g/mol. The van der Waals surface area contributed by atoms with Crippen molar-refractivity contribution in [1.29, 1.82) is 0 Å². The fraction of sp³-hybridized carbons (Fsp3) is 0.393. The van der Waals surface area contributed by atoms with Gasteiger partial charge in [0.15, 0.2) is 0 Å². The minimum absolute atomic E-state index is 0.260. The first-order valence-corrected chi connectivity index (χ1v) is 18.2. The lowest BCUT2D eigenvalue weighted by Gasteiger charge is -2.34. The summed E-state index contributed by atoms with van der Waals surface area (Å²) < 4.78 is 83.8. The van der Waals surface area contributed by atoms with Gasteiger partial charge in [0.2, 0.25) is 0 Å². The number of carbonyl (C=O) groups excluding carboxylic acids is 3. The average molecular weight is 704 g/mol. The van der Waals surface area contributed by atoms with Crippen LogP contribution in [0.3, 0.4) is 0 Å². The third kappa shape index (κ3) is 5.98. The lowest BCUT2D eigenvalue weighted by Crippen LogP contribution is -2.60. The highest BCUT2D eigenvalue weighted by atomic mass is 32.2. The van der Waals surface area contributed by atoms with Crippen molar-refractivity contribution in [2.24, 2.45) is 0 Å². The second-order valence-corrected chi connectivity index (χ2v) is 15.4. The molecule has 0 spiro atoms. The van der Waals surface area contributed by atoms with Crippen LogP contribution in [0.15, 0.2) is 69.6 Å². The maximum Gasteiger partial charge on any atom is 0.455 e. The van der Waals surface area contributed by atoms with Gasteiger partial charge in [-0.2, -0.15) is 17.9 Å². The summed E-state index contributed by atoms with van der Waals surface area (Å²) in [5.41, 5.74) is -2.43. The smallest absolute Gasteiger partial charge is 0.455 e. The first kappa shape index (κ1) is 36.9. The lowest BCUT2D eigenvalue weighted by atomic mass is 9.99. The normalized spacial score (nSPS) is 18.1. The number of benzene rings is 2. The number of methoxy groups -OCH3 is 2. The molecule has 0 saturated carbocycles. The van der Waals surface area contributed by atoms with Gasteiger partial charge in [-0.25, -0.2) is 26.4 Å². The molecule has 3 rings (SSSR count). The molecule has 1 aliphatic rings. The number of nitrogens with zero attached hydrogens (tertiary/aromatic N) is 2. The Balaban J connectivity index is 2.64. The predicted octanol–water partition coefficient (Wildman–Crippen LogP) is 3.80. The quantitative estimate of drug-likeness (QED) is 0.0983. The number of aliphatic hydroxyl groups excluding tert-OH is 1. The van der Waals surface area contributed by atoms with Crippen molar-refractivity contribution in [2.45, 2.75) is 49.9 Å². The Morgan fingerprint density at radius 2 is 1.17 bits per heavy atom. The van der Waals surface area contributed by atoms with Crippen molar-refractivity contribution in [2.75, 3.05) is 34.0 Å². The summed E-state index contributed by atoms with van der Waals surface area (Å²) in [4.78, 5) is 42.0. The summed E-state index contributed by atoms with van der Waals surface area (Å²) in [6, 6.07) is 7.85. The predicted molar refractivity (Wildman–Crippen MR) is 164 cm³/mol. The van der Waals surface area contributed by atoms with Crippen molar-refractivity contribution >= 4 is 45.9 Å². The first-order chi connectivity index (χ1) is 21.6. The van der Waals surface area contributed by atoms with Crippen molar-refractivity contribution < 1.29 is 59.4 Å². The Kier molecular flexibility index (Phi) is 11.2. The monoisotopic (exact) mass is 703 g/mol. The Labute approximate surface area is 268 Å². The maximum absolute atomic E-state index is 14.8. The van der Waals surface area contributed by atoms with Crippen LogP contribution in [0.2, 0.25) is 0 Å². The van der Waals surface area contributed by atoms with E-state index in [-0.39, 0.29) is 28.4 Å². The van der Waals surface area contributed by atoms with Crippen LogP contribution in [0.1, 0.15) is 31.9 Å². The largest absolute Gasteiger partial charge is 0.478 e. The number of urea groups is 1. The van der Waals surface area contributed by atoms with Crippen LogP contribution in [-0.4, -0.2) is 88.0 Å². The summed E-state index contributed by atoms with van der Waals surface area (Å²) in [7, 11) is -13.4. The summed E-state index contributed by atoms with van der Waals surface area (Å²) in [6.45, 7) is 6.93. The molecule has 0 bridgehead atoms. The van der Waals surface area contributed by atoms with Crippen molar-refractivity contribution in [3.05, 3.63) is 70.9 Å². The molecule has 1 saturated heterocycles. The minimum atomic E-state index is -5.37. The van der Waals surface area contributed by atoms with Crippen LogP contribution in [0.25, 0.3) is 0 Å². The van der Waals surface area contributed by atoms with Gasteiger partial charge < -0.3 is 14.6 Å². The van der Waals surface area contributed by atoms with Crippen LogP contribution in [0.5, 0.6) is 0 Å². The Hall–Kier alpha value is -3.60. The van der Waals surface area contributed by atoms with E-state index in [1.807, 2.05) is 0 Å². The molecule has 1 atom stereocenters. The molecule has 1 fully saturated rings. The van der Waals surface area contributed by atoms with Gasteiger partial charge >= 0.3 is 31.4 Å². The van der Waals surface area contributed by atoms with E-state index in [1.165, 1.54) is 45.0 Å². The standard InChI is InChI=1S/C28H35N2O13PS2/c1-8-41-44(42-9-2,43-10-3)23(24(31)39-6)28(26(33)40-7)25(32)29(45(35,36)21-15-11-19(4)12-16-21)27(34)30(28)46(37,38)22-17-13-20(5)14-18-22/h11-18H,8-10H2,1-7H3/p+1/b24-23+. The van der Waals surface area contributed by atoms with E-state index in [0.717, 1.165) is 38.5 Å². The van der Waals surface area contributed by atoms with E-state index in [9.17, 15) is 36.3 Å². The van der Waals surface area contributed by atoms with Gasteiger partial charge in [0.25, 0.3) is 31.3 Å². The second-order valence-electron chi connectivity index (χ2n) is 9.56. The summed E-state index contributed by atoms with van der Waals surface area (Å²) in [6.07, 6.45) is 0. The van der Waals surface area contributed by atoms with Crippen molar-refractivity contribution in [3.63, 3.8) is 0 Å². The van der Waals surface area contributed by atoms with Crippen LogP contribution in [0, 0.1) is 13.8 Å². The highest BCUT2D eigenvalue weighted by molar-refractivity contribution is 7.91. The number of hydrogen-bond donors (Lipinski definition) is 1. The van der Waals surface area contributed by atoms with Gasteiger partial charge in [0, 0.05) is 0 Å².